The number of hydrogen-bond acceptors (Lipinski definition) is 5. The first-order valence-corrected chi connectivity index (χ1v) is 12.6. The van der Waals surface area contributed by atoms with Crippen LogP contribution < -0.4 is 4.74 Å². The van der Waals surface area contributed by atoms with Gasteiger partial charge in [0.25, 0.3) is 0 Å². The highest BCUT2D eigenvalue weighted by Crippen LogP contribution is 2.34. The molecule has 0 spiro atoms. The predicted molar refractivity (Wildman–Crippen MR) is 140 cm³/mol. The van der Waals surface area contributed by atoms with Gasteiger partial charge in [-0.2, -0.15) is 0 Å². The number of benzene rings is 2. The number of pyridine rings is 1. The van der Waals surface area contributed by atoms with Gasteiger partial charge in [0.05, 0.1) is 11.4 Å². The van der Waals surface area contributed by atoms with E-state index in [2.05, 4.69) is 43.1 Å². The molecule has 3 heterocycles. The minimum absolute atomic E-state index is 0.350. The molecule has 0 unspecified atom stereocenters. The summed E-state index contributed by atoms with van der Waals surface area (Å²) in [6.07, 6.45) is 1.07. The van der Waals surface area contributed by atoms with E-state index in [1.165, 1.54) is 22.5 Å². The molecule has 6 heteroatoms. The molecule has 2 aromatic heterocycles. The molecule has 0 fully saturated rings. The molecule has 4 aromatic rings. The lowest BCUT2D eigenvalue weighted by Gasteiger charge is -2.25. The topological polar surface area (TPSA) is 62.7 Å². The Bertz CT molecular complexity index is 1410. The van der Waals surface area contributed by atoms with Crippen LogP contribution in [-0.2, 0) is 19.6 Å². The first-order valence-electron chi connectivity index (χ1n) is 11.7. The van der Waals surface area contributed by atoms with E-state index in [1.807, 2.05) is 42.6 Å². The van der Waals surface area contributed by atoms with Crippen LogP contribution in [0.3, 0.4) is 0 Å². The number of fused-ring (bicyclic) bond motifs is 1. The highest BCUT2D eigenvalue weighted by molar-refractivity contribution is 7.12. The first kappa shape index (κ1) is 23.3. The summed E-state index contributed by atoms with van der Waals surface area (Å²) in [6.45, 7) is 6.46. The number of carbonyl (C=O) groups is 1. The van der Waals surface area contributed by atoms with Gasteiger partial charge < -0.3 is 14.7 Å². The molecule has 0 bridgehead atoms. The van der Waals surface area contributed by atoms with Gasteiger partial charge in [-0.25, -0.2) is 9.78 Å². The van der Waals surface area contributed by atoms with Crippen LogP contribution in [0.5, 0.6) is 5.75 Å². The van der Waals surface area contributed by atoms with Gasteiger partial charge in [-0.15, -0.1) is 11.3 Å². The molecule has 1 aliphatic heterocycles. The second kappa shape index (κ2) is 9.64. The lowest BCUT2D eigenvalue weighted by atomic mass is 9.98. The van der Waals surface area contributed by atoms with Crippen LogP contribution in [0.2, 0.25) is 0 Å². The van der Waals surface area contributed by atoms with Gasteiger partial charge in [0.2, 0.25) is 0 Å². The van der Waals surface area contributed by atoms with Crippen molar-refractivity contribution >= 4 is 17.3 Å². The van der Waals surface area contributed by atoms with Gasteiger partial charge in [-0.1, -0.05) is 35.9 Å². The van der Waals surface area contributed by atoms with Crippen molar-refractivity contribution in [3.05, 3.63) is 92.7 Å². The van der Waals surface area contributed by atoms with Crippen LogP contribution in [0.25, 0.3) is 22.5 Å². The number of hydrogen-bond donors (Lipinski definition) is 1. The lowest BCUT2D eigenvalue weighted by Crippen LogP contribution is -2.26. The molecule has 1 aliphatic rings. The van der Waals surface area contributed by atoms with Crippen molar-refractivity contribution in [2.45, 2.75) is 33.4 Å². The van der Waals surface area contributed by atoms with Crippen molar-refractivity contribution in [1.29, 1.82) is 0 Å². The van der Waals surface area contributed by atoms with E-state index in [-0.39, 0.29) is 0 Å². The molecular weight excluding hydrogens is 456 g/mol. The van der Waals surface area contributed by atoms with E-state index in [9.17, 15) is 9.90 Å². The normalized spacial score (nSPS) is 13.5. The number of aromatic carboxylic acids is 1. The third kappa shape index (κ3) is 4.85. The monoisotopic (exact) mass is 484 g/mol. The quantitative estimate of drug-likeness (QED) is 0.345. The second-order valence-electron chi connectivity index (χ2n) is 9.20. The molecule has 1 N–H and O–H groups in total. The average molecular weight is 485 g/mol. The van der Waals surface area contributed by atoms with Gasteiger partial charge in [0.1, 0.15) is 17.2 Å². The Morgan fingerprint density at radius 3 is 2.63 bits per heavy atom. The summed E-state index contributed by atoms with van der Waals surface area (Å²) >= 11 is 1.23. The van der Waals surface area contributed by atoms with Crippen LogP contribution in [0.1, 0.15) is 37.5 Å². The summed E-state index contributed by atoms with van der Waals surface area (Å²) in [5.41, 5.74) is 9.18. The molecule has 0 radical (unpaired) electrons. The molecule has 5 rings (SSSR count). The molecule has 0 amide bonds. The Labute approximate surface area is 209 Å². The summed E-state index contributed by atoms with van der Waals surface area (Å²) < 4.78 is 6.32. The van der Waals surface area contributed by atoms with Crippen molar-refractivity contribution in [1.82, 2.24) is 9.88 Å². The van der Waals surface area contributed by atoms with E-state index in [4.69, 9.17) is 9.72 Å². The number of carboxylic acid groups (broad SMARTS) is 1. The largest absolute Gasteiger partial charge is 0.488 e. The molecule has 5 nitrogen and oxygen atoms in total. The van der Waals surface area contributed by atoms with E-state index >= 15 is 0 Å². The third-order valence-electron chi connectivity index (χ3n) is 6.54. The third-order valence-corrected chi connectivity index (χ3v) is 7.61. The van der Waals surface area contributed by atoms with Gasteiger partial charge >= 0.3 is 5.97 Å². The SMILES string of the molecule is Cc1ccc(OCc2ccc3c(c2)CCN(C)C3)c(-c2cccc(-c3csc(C(=O)O)c3C)n2)c1. The maximum atomic E-state index is 11.5. The number of aromatic nitrogens is 1. The maximum Gasteiger partial charge on any atom is 0.346 e. The Morgan fingerprint density at radius 2 is 1.86 bits per heavy atom. The van der Waals surface area contributed by atoms with E-state index in [0.29, 0.717) is 11.5 Å². The molecular formula is C29H28N2O3S. The summed E-state index contributed by atoms with van der Waals surface area (Å²) in [6, 6.07) is 18.6. The number of rotatable bonds is 6. The zero-order valence-electron chi connectivity index (χ0n) is 20.2. The Morgan fingerprint density at radius 1 is 1.06 bits per heavy atom. The predicted octanol–water partition coefficient (Wildman–Crippen LogP) is 6.36. The summed E-state index contributed by atoms with van der Waals surface area (Å²) in [5, 5.41) is 11.3. The first-order chi connectivity index (χ1) is 16.9. The van der Waals surface area contributed by atoms with Gasteiger partial charge in [-0.05, 0) is 73.8 Å². The minimum Gasteiger partial charge on any atom is -0.488 e. The van der Waals surface area contributed by atoms with Crippen LogP contribution in [0.4, 0.5) is 0 Å². The van der Waals surface area contributed by atoms with Crippen molar-refractivity contribution < 1.29 is 14.6 Å². The number of carboxylic acids is 1. The number of aryl methyl sites for hydroxylation is 1. The minimum atomic E-state index is -0.904. The van der Waals surface area contributed by atoms with Crippen molar-refractivity contribution in [2.24, 2.45) is 0 Å². The molecule has 0 aliphatic carbocycles. The zero-order chi connectivity index (χ0) is 24.5. The number of ether oxygens (including phenoxy) is 1. The maximum absolute atomic E-state index is 11.5. The van der Waals surface area contributed by atoms with Gasteiger partial charge in [-0.3, -0.25) is 0 Å². The second-order valence-corrected chi connectivity index (χ2v) is 10.1. The smallest absolute Gasteiger partial charge is 0.346 e. The Hall–Kier alpha value is -3.48. The highest BCUT2D eigenvalue weighted by Gasteiger charge is 2.17. The van der Waals surface area contributed by atoms with Crippen molar-refractivity contribution in [3.63, 3.8) is 0 Å². The molecule has 0 saturated heterocycles. The van der Waals surface area contributed by atoms with Crippen LogP contribution >= 0.6 is 11.3 Å². The van der Waals surface area contributed by atoms with E-state index < -0.39 is 5.97 Å². The summed E-state index contributed by atoms with van der Waals surface area (Å²) in [4.78, 5) is 19.1. The summed E-state index contributed by atoms with van der Waals surface area (Å²) in [7, 11) is 2.16. The van der Waals surface area contributed by atoms with Crippen LogP contribution in [0.15, 0.2) is 60.0 Å². The lowest BCUT2D eigenvalue weighted by molar-refractivity contribution is 0.0701. The standard InChI is InChI=1S/C29H28N2O3S/c1-18-7-10-27(34-16-20-8-9-22-15-31(3)12-11-21(22)14-20)23(13-18)25-5-4-6-26(30-25)24-17-35-28(19(24)2)29(32)33/h4-10,13-14,17H,11-12,15-16H2,1-3H3,(H,32,33). The molecule has 35 heavy (non-hydrogen) atoms. The van der Waals surface area contributed by atoms with Crippen molar-refractivity contribution in [2.75, 3.05) is 13.6 Å². The molecule has 2 aromatic carbocycles. The molecule has 0 saturated carbocycles. The summed E-state index contributed by atoms with van der Waals surface area (Å²) in [5.74, 6) is -0.121. The zero-order valence-corrected chi connectivity index (χ0v) is 21.0. The fourth-order valence-corrected chi connectivity index (χ4v) is 5.50. The fraction of sp³-hybridized carbons (Fsp3) is 0.241. The van der Waals surface area contributed by atoms with Gasteiger partial charge in [0.15, 0.2) is 0 Å². The Kier molecular flexibility index (Phi) is 6.41. The fourth-order valence-electron chi connectivity index (χ4n) is 4.58. The molecule has 178 valence electrons. The van der Waals surface area contributed by atoms with E-state index in [1.54, 1.807) is 0 Å². The number of thiophene rings is 1. The van der Waals surface area contributed by atoms with E-state index in [0.717, 1.165) is 64.5 Å². The Balaban J connectivity index is 1.43. The van der Waals surface area contributed by atoms with Crippen LogP contribution in [0, 0.1) is 13.8 Å². The molecule has 0 atom stereocenters. The van der Waals surface area contributed by atoms with Gasteiger partial charge in [0, 0.05) is 29.6 Å². The average Bonchev–Trinajstić information content (AvgIpc) is 3.25. The van der Waals surface area contributed by atoms with Crippen LogP contribution in [-0.4, -0.2) is 34.6 Å². The highest BCUT2D eigenvalue weighted by atomic mass is 32.1. The number of likely N-dealkylation sites (N-methyl/N-ethyl adjacent to an activating group) is 1. The number of nitrogens with zero attached hydrogens (tertiary/aromatic N) is 2. The van der Waals surface area contributed by atoms with Crippen molar-refractivity contribution in [3.8, 4) is 28.3 Å².